The number of aromatic hydroxyl groups is 1. The second kappa shape index (κ2) is 6.61. The summed E-state index contributed by atoms with van der Waals surface area (Å²) < 4.78 is 0. The van der Waals surface area contributed by atoms with E-state index < -0.39 is 6.04 Å². The number of phenols is 1. The molecule has 1 aliphatic heterocycles. The standard InChI is InChI=1S/C16H22N2O3/c1-11(2)9-14-16(21)18(8-7-15(20)17-14)10-12-3-5-13(19)6-4-12/h3-6,11,14,19H,7-10H2,1-2H3,(H,17,20). The van der Waals surface area contributed by atoms with Crippen LogP contribution in [0.4, 0.5) is 0 Å². The van der Waals surface area contributed by atoms with E-state index in [1.54, 1.807) is 29.2 Å². The molecule has 1 aromatic rings. The lowest BCUT2D eigenvalue weighted by molar-refractivity contribution is -0.134. The largest absolute Gasteiger partial charge is 0.508 e. The molecular formula is C16H22N2O3. The van der Waals surface area contributed by atoms with Crippen LogP contribution < -0.4 is 5.32 Å². The molecule has 1 atom stereocenters. The highest BCUT2D eigenvalue weighted by Crippen LogP contribution is 2.16. The Balaban J connectivity index is 2.11. The number of carbonyl (C=O) groups excluding carboxylic acids is 2. The van der Waals surface area contributed by atoms with Crippen molar-refractivity contribution in [2.75, 3.05) is 6.54 Å². The summed E-state index contributed by atoms with van der Waals surface area (Å²) in [7, 11) is 0. The van der Waals surface area contributed by atoms with Gasteiger partial charge in [-0.05, 0) is 30.0 Å². The van der Waals surface area contributed by atoms with Gasteiger partial charge in [0.05, 0.1) is 0 Å². The van der Waals surface area contributed by atoms with Crippen molar-refractivity contribution in [3.05, 3.63) is 29.8 Å². The number of carbonyl (C=O) groups is 2. The van der Waals surface area contributed by atoms with Crippen LogP contribution in [0.15, 0.2) is 24.3 Å². The maximum atomic E-state index is 12.6. The van der Waals surface area contributed by atoms with Crippen molar-refractivity contribution in [1.82, 2.24) is 10.2 Å². The second-order valence-electron chi connectivity index (χ2n) is 5.93. The van der Waals surface area contributed by atoms with E-state index in [2.05, 4.69) is 5.32 Å². The van der Waals surface area contributed by atoms with Gasteiger partial charge in [-0.15, -0.1) is 0 Å². The van der Waals surface area contributed by atoms with Gasteiger partial charge in [0.2, 0.25) is 11.8 Å². The van der Waals surface area contributed by atoms with Gasteiger partial charge in [-0.3, -0.25) is 9.59 Å². The van der Waals surface area contributed by atoms with Gasteiger partial charge in [0.25, 0.3) is 0 Å². The van der Waals surface area contributed by atoms with Gasteiger partial charge in [0, 0.05) is 19.5 Å². The third-order valence-corrected chi connectivity index (χ3v) is 3.57. The molecule has 5 nitrogen and oxygen atoms in total. The van der Waals surface area contributed by atoms with E-state index in [1.165, 1.54) is 0 Å². The molecule has 1 heterocycles. The summed E-state index contributed by atoms with van der Waals surface area (Å²) in [6.07, 6.45) is 0.981. The minimum absolute atomic E-state index is 0.0253. The number of rotatable bonds is 4. The van der Waals surface area contributed by atoms with Crippen molar-refractivity contribution in [3.8, 4) is 5.75 Å². The lowest BCUT2D eigenvalue weighted by atomic mass is 10.0. The Bertz CT molecular complexity index is 511. The number of hydrogen-bond donors (Lipinski definition) is 2. The van der Waals surface area contributed by atoms with Crippen molar-refractivity contribution in [1.29, 1.82) is 0 Å². The zero-order chi connectivity index (χ0) is 15.4. The maximum absolute atomic E-state index is 12.6. The minimum atomic E-state index is -0.433. The first-order chi connectivity index (χ1) is 9.95. The Labute approximate surface area is 125 Å². The van der Waals surface area contributed by atoms with Crippen molar-refractivity contribution >= 4 is 11.8 Å². The summed E-state index contributed by atoms with van der Waals surface area (Å²) in [6, 6.07) is 6.36. The molecule has 1 fully saturated rings. The molecule has 1 unspecified atom stereocenters. The number of benzene rings is 1. The van der Waals surface area contributed by atoms with E-state index in [9.17, 15) is 14.7 Å². The van der Waals surface area contributed by atoms with Gasteiger partial charge in [-0.25, -0.2) is 0 Å². The fourth-order valence-electron chi connectivity index (χ4n) is 2.51. The lowest BCUT2D eigenvalue weighted by Gasteiger charge is -2.25. The summed E-state index contributed by atoms with van der Waals surface area (Å²) in [4.78, 5) is 26.0. The zero-order valence-electron chi connectivity index (χ0n) is 12.5. The number of phenolic OH excluding ortho intramolecular Hbond substituents is 1. The molecule has 0 saturated carbocycles. The molecule has 1 aliphatic rings. The quantitative estimate of drug-likeness (QED) is 0.886. The SMILES string of the molecule is CC(C)CC1NC(=O)CCN(Cc2ccc(O)cc2)C1=O. The molecule has 0 bridgehead atoms. The Morgan fingerprint density at radius 3 is 2.57 bits per heavy atom. The normalized spacial score (nSPS) is 19.6. The van der Waals surface area contributed by atoms with E-state index >= 15 is 0 Å². The number of amides is 2. The molecule has 2 amide bonds. The summed E-state index contributed by atoms with van der Waals surface area (Å²) in [5.41, 5.74) is 0.943. The molecule has 0 radical (unpaired) electrons. The van der Waals surface area contributed by atoms with Crippen molar-refractivity contribution in [2.45, 2.75) is 39.3 Å². The van der Waals surface area contributed by atoms with Gasteiger partial charge < -0.3 is 15.3 Å². The molecule has 0 aromatic heterocycles. The predicted molar refractivity (Wildman–Crippen MR) is 79.5 cm³/mol. The molecule has 21 heavy (non-hydrogen) atoms. The summed E-state index contributed by atoms with van der Waals surface area (Å²) in [5, 5.41) is 12.1. The van der Waals surface area contributed by atoms with Crippen molar-refractivity contribution in [3.63, 3.8) is 0 Å². The number of hydrogen-bond acceptors (Lipinski definition) is 3. The summed E-state index contributed by atoms with van der Waals surface area (Å²) >= 11 is 0. The van der Waals surface area contributed by atoms with Gasteiger partial charge in [0.1, 0.15) is 11.8 Å². The highest BCUT2D eigenvalue weighted by Gasteiger charge is 2.30. The zero-order valence-corrected chi connectivity index (χ0v) is 12.5. The maximum Gasteiger partial charge on any atom is 0.245 e. The fraction of sp³-hybridized carbons (Fsp3) is 0.500. The predicted octanol–water partition coefficient (Wildman–Crippen LogP) is 1.66. The fourth-order valence-corrected chi connectivity index (χ4v) is 2.51. The highest BCUT2D eigenvalue weighted by atomic mass is 16.3. The van der Waals surface area contributed by atoms with Gasteiger partial charge in [-0.1, -0.05) is 26.0 Å². The molecule has 114 valence electrons. The third-order valence-electron chi connectivity index (χ3n) is 3.57. The van der Waals surface area contributed by atoms with Crippen LogP contribution in [-0.2, 0) is 16.1 Å². The van der Waals surface area contributed by atoms with Crippen LogP contribution in [-0.4, -0.2) is 34.4 Å². The minimum Gasteiger partial charge on any atom is -0.508 e. The van der Waals surface area contributed by atoms with Crippen molar-refractivity contribution < 1.29 is 14.7 Å². The van der Waals surface area contributed by atoms with Gasteiger partial charge in [0.15, 0.2) is 0 Å². The highest BCUT2D eigenvalue weighted by molar-refractivity contribution is 5.89. The number of nitrogens with zero attached hydrogens (tertiary/aromatic N) is 1. The van der Waals surface area contributed by atoms with Crippen LogP contribution in [0.3, 0.4) is 0 Å². The smallest absolute Gasteiger partial charge is 0.245 e. The van der Waals surface area contributed by atoms with Crippen molar-refractivity contribution in [2.24, 2.45) is 5.92 Å². The molecule has 0 aliphatic carbocycles. The van der Waals surface area contributed by atoms with Crippen LogP contribution in [0.2, 0.25) is 0 Å². The summed E-state index contributed by atoms with van der Waals surface area (Å²) in [6.45, 7) is 4.96. The van der Waals surface area contributed by atoms with Gasteiger partial charge in [-0.2, -0.15) is 0 Å². The first kappa shape index (κ1) is 15.4. The second-order valence-corrected chi connectivity index (χ2v) is 5.93. The summed E-state index contributed by atoms with van der Waals surface area (Å²) in [5.74, 6) is 0.452. The topological polar surface area (TPSA) is 69.6 Å². The molecule has 1 saturated heterocycles. The van der Waals surface area contributed by atoms with Crippen LogP contribution in [0, 0.1) is 5.92 Å². The molecule has 2 rings (SSSR count). The van der Waals surface area contributed by atoms with E-state index in [-0.39, 0.29) is 17.6 Å². The van der Waals surface area contributed by atoms with Crippen LogP contribution in [0.1, 0.15) is 32.3 Å². The molecule has 1 aromatic carbocycles. The average Bonchev–Trinajstić information content (AvgIpc) is 2.54. The number of nitrogens with one attached hydrogen (secondary N) is 1. The molecule has 2 N–H and O–H groups in total. The Kier molecular flexibility index (Phi) is 4.83. The molecule has 5 heteroatoms. The van der Waals surface area contributed by atoms with E-state index in [0.717, 1.165) is 5.56 Å². The lowest BCUT2D eigenvalue weighted by Crippen LogP contribution is -2.45. The molecule has 0 spiro atoms. The van der Waals surface area contributed by atoms with Crippen LogP contribution >= 0.6 is 0 Å². The Morgan fingerprint density at radius 2 is 1.95 bits per heavy atom. The average molecular weight is 290 g/mol. The van der Waals surface area contributed by atoms with Crippen LogP contribution in [0.5, 0.6) is 5.75 Å². The van der Waals surface area contributed by atoms with E-state index in [1.807, 2.05) is 13.8 Å². The monoisotopic (exact) mass is 290 g/mol. The Morgan fingerprint density at radius 1 is 1.29 bits per heavy atom. The van der Waals surface area contributed by atoms with Gasteiger partial charge >= 0.3 is 0 Å². The first-order valence-corrected chi connectivity index (χ1v) is 7.31. The van der Waals surface area contributed by atoms with E-state index in [0.29, 0.717) is 31.8 Å². The third kappa shape index (κ3) is 4.21. The Hall–Kier alpha value is -2.04. The first-order valence-electron chi connectivity index (χ1n) is 7.31. The van der Waals surface area contributed by atoms with Crippen LogP contribution in [0.25, 0.3) is 0 Å². The van der Waals surface area contributed by atoms with E-state index in [4.69, 9.17) is 0 Å². The molecular weight excluding hydrogens is 268 g/mol.